The van der Waals surface area contributed by atoms with E-state index in [-0.39, 0.29) is 46.4 Å². The third kappa shape index (κ3) is 314. The Kier molecular flexibility index (Phi) is 37.9. The maximum atomic E-state index is 3.64. The molecule has 0 saturated carbocycles. The molecular weight excluding hydrogens is 331 g/mol. The second kappa shape index (κ2) is 16.8. The maximum Gasteiger partial charge on any atom is 0 e. The van der Waals surface area contributed by atoms with Crippen molar-refractivity contribution in [2.45, 2.75) is 27.7 Å². The fourth-order valence-electron chi connectivity index (χ4n) is 0. The molecule has 0 heterocycles. The summed E-state index contributed by atoms with van der Waals surface area (Å²) < 4.78 is 0. The molecule has 0 amide bonds. The molecule has 0 aromatic rings. The predicted octanol–water partition coefficient (Wildman–Crippen LogP) is 3.57. The van der Waals surface area contributed by atoms with Crippen LogP contribution in [0.15, 0.2) is 0 Å². The van der Waals surface area contributed by atoms with Gasteiger partial charge in [-0.05, 0) is 0 Å². The average Bonchev–Trinajstić information content (AvgIpc) is 1.25. The minimum Gasteiger partial charge on any atom is -0.341 e. The van der Waals surface area contributed by atoms with Crippen molar-refractivity contribution in [2.24, 2.45) is 11.8 Å². The maximum absolute atomic E-state index is 3.64. The van der Waals surface area contributed by atoms with Crippen LogP contribution in [0.2, 0.25) is 0 Å². The van der Waals surface area contributed by atoms with Crippen LogP contribution < -0.4 is 0 Å². The molecule has 0 atom stereocenters. The van der Waals surface area contributed by atoms with Crippen molar-refractivity contribution in [3.05, 3.63) is 13.8 Å². The molecule has 0 bridgehead atoms. The van der Waals surface area contributed by atoms with E-state index >= 15 is 0 Å². The van der Waals surface area contributed by atoms with Gasteiger partial charge in [-0.2, -0.15) is 11.8 Å². The summed E-state index contributed by atoms with van der Waals surface area (Å²) in [6.07, 6.45) is 0. The first-order chi connectivity index (χ1) is 3.46. The van der Waals surface area contributed by atoms with Gasteiger partial charge in [-0.3, -0.25) is 0 Å². The largest absolute Gasteiger partial charge is 0.341 e. The van der Waals surface area contributed by atoms with Crippen molar-refractivity contribution >= 4 is 24.0 Å². The van der Waals surface area contributed by atoms with E-state index in [4.69, 9.17) is 0 Å². The number of hydrogen-bond donors (Lipinski definition) is 0. The quantitative estimate of drug-likeness (QED) is 0.356. The molecule has 2 heteroatoms. The summed E-state index contributed by atoms with van der Waals surface area (Å²) in [6.45, 7) is 15.5. The Labute approximate surface area is 99.1 Å². The topological polar surface area (TPSA) is 0 Å². The van der Waals surface area contributed by atoms with Crippen LogP contribution >= 0.6 is 24.0 Å². The van der Waals surface area contributed by atoms with Gasteiger partial charge in [0.15, 0.2) is 0 Å². The normalized spacial score (nSPS) is 7.20. The molecule has 0 nitrogen and oxygen atoms in total. The van der Waals surface area contributed by atoms with Crippen molar-refractivity contribution in [3.63, 3.8) is 0 Å². The predicted molar refractivity (Wildman–Crippen MR) is 55.8 cm³/mol. The Morgan fingerprint density at radius 1 is 0.800 bits per heavy atom. The smallest absolute Gasteiger partial charge is 0 e. The zero-order chi connectivity index (χ0) is 7.15. The third-order valence-corrected chi connectivity index (χ3v) is 0. The van der Waals surface area contributed by atoms with E-state index < -0.39 is 0 Å². The fraction of sp³-hybridized carbons (Fsp3) is 0.750. The Bertz CT molecular complexity index is 24.7. The summed E-state index contributed by atoms with van der Waals surface area (Å²) in [4.78, 5) is 0. The van der Waals surface area contributed by atoms with Gasteiger partial charge in [-0.1, -0.05) is 27.7 Å². The van der Waals surface area contributed by atoms with Crippen LogP contribution in [0.5, 0.6) is 0 Å². The van der Waals surface area contributed by atoms with Gasteiger partial charge >= 0.3 is 0 Å². The molecule has 0 aromatic carbocycles. The molecule has 0 rings (SSSR count). The molecule has 71 valence electrons. The van der Waals surface area contributed by atoms with Crippen LogP contribution in [0.25, 0.3) is 0 Å². The molecule has 10 heavy (non-hydrogen) atoms. The molecule has 0 saturated heterocycles. The first-order valence-corrected chi connectivity index (χ1v) is 3.13. The van der Waals surface area contributed by atoms with Crippen molar-refractivity contribution < 1.29 is 22.4 Å². The van der Waals surface area contributed by atoms with E-state index in [1.807, 2.05) is 0 Å². The van der Waals surface area contributed by atoms with Crippen molar-refractivity contribution in [1.29, 1.82) is 0 Å². The van der Waals surface area contributed by atoms with Crippen LogP contribution in [0, 0.1) is 25.7 Å². The number of hydrogen-bond acceptors (Lipinski definition) is 0. The van der Waals surface area contributed by atoms with Gasteiger partial charge in [0.05, 0.1) is 0 Å². The molecule has 0 aliphatic carbocycles. The minimum absolute atomic E-state index is 0. The van der Waals surface area contributed by atoms with Gasteiger partial charge in [0.2, 0.25) is 0 Å². The van der Waals surface area contributed by atoms with Gasteiger partial charge in [-0.15, -0.1) is 24.0 Å². The Morgan fingerprint density at radius 3 is 0.800 bits per heavy atom. The molecular formula is C8H19AgI-2. The van der Waals surface area contributed by atoms with Gasteiger partial charge in [0, 0.05) is 22.4 Å². The molecule has 0 unspecified atom stereocenters. The first-order valence-electron chi connectivity index (χ1n) is 3.13. The summed E-state index contributed by atoms with van der Waals surface area (Å²) in [5.41, 5.74) is 0. The average molecular weight is 350 g/mol. The van der Waals surface area contributed by atoms with Gasteiger partial charge in [0.1, 0.15) is 0 Å². The summed E-state index contributed by atoms with van der Waals surface area (Å²) >= 11 is 0. The van der Waals surface area contributed by atoms with E-state index in [9.17, 15) is 0 Å². The van der Waals surface area contributed by atoms with Crippen molar-refractivity contribution in [2.75, 3.05) is 0 Å². The van der Waals surface area contributed by atoms with Crippen LogP contribution in [0.4, 0.5) is 0 Å². The molecule has 0 aromatic heterocycles. The second-order valence-corrected chi connectivity index (χ2v) is 2.79. The Balaban J connectivity index is -0.0000000300. The van der Waals surface area contributed by atoms with E-state index in [0.717, 1.165) is 0 Å². The Morgan fingerprint density at radius 2 is 0.800 bits per heavy atom. The summed E-state index contributed by atoms with van der Waals surface area (Å²) in [6, 6.07) is 0. The molecule has 0 N–H and O–H groups in total. The number of rotatable bonds is 0. The monoisotopic (exact) mass is 349 g/mol. The molecule has 0 fully saturated rings. The Hall–Kier alpha value is 1.47. The van der Waals surface area contributed by atoms with Crippen molar-refractivity contribution in [3.8, 4) is 0 Å². The van der Waals surface area contributed by atoms with Crippen LogP contribution in [-0.4, -0.2) is 0 Å². The van der Waals surface area contributed by atoms with E-state index in [1.54, 1.807) is 0 Å². The second-order valence-electron chi connectivity index (χ2n) is 2.79. The molecule has 0 aliphatic rings. The van der Waals surface area contributed by atoms with Gasteiger partial charge in [0.25, 0.3) is 0 Å². The van der Waals surface area contributed by atoms with Crippen LogP contribution in [0.1, 0.15) is 27.7 Å². The van der Waals surface area contributed by atoms with Gasteiger partial charge in [-0.25, -0.2) is 0 Å². The summed E-state index contributed by atoms with van der Waals surface area (Å²) in [5, 5.41) is 0. The van der Waals surface area contributed by atoms with E-state index in [0.29, 0.717) is 11.8 Å². The molecule has 1 radical (unpaired) electrons. The van der Waals surface area contributed by atoms with E-state index in [1.165, 1.54) is 0 Å². The summed E-state index contributed by atoms with van der Waals surface area (Å²) in [5.74, 6) is 1.17. The summed E-state index contributed by atoms with van der Waals surface area (Å²) in [7, 11) is 0. The standard InChI is InChI=1S/2C4H9.Ag.HI/c2*1-4(2)3;;/h2*4H,1H2,2-3H3;;1H/q2*-1;;. The van der Waals surface area contributed by atoms with Crippen LogP contribution in [0.3, 0.4) is 0 Å². The zero-order valence-corrected chi connectivity index (χ0v) is 11.1. The fourth-order valence-corrected chi connectivity index (χ4v) is 0. The van der Waals surface area contributed by atoms with Crippen molar-refractivity contribution in [1.82, 2.24) is 0 Å². The molecule has 0 aliphatic heterocycles. The third-order valence-electron chi connectivity index (χ3n) is 0. The van der Waals surface area contributed by atoms with Gasteiger partial charge < -0.3 is 13.8 Å². The number of halogens is 1. The molecule has 0 spiro atoms. The zero-order valence-electron chi connectivity index (χ0n) is 7.28. The first kappa shape index (κ1) is 22.5. The minimum atomic E-state index is 0. The SMILES string of the molecule is I.[Ag].[CH2-]C(C)C.[CH2-]C(C)C. The van der Waals surface area contributed by atoms with E-state index in [2.05, 4.69) is 41.5 Å². The van der Waals surface area contributed by atoms with Crippen LogP contribution in [-0.2, 0) is 22.4 Å².